The third kappa shape index (κ3) is 2.61. The molecule has 0 bridgehead atoms. The zero-order valence-electron chi connectivity index (χ0n) is 7.75. The Labute approximate surface area is 91.0 Å². The van der Waals surface area contributed by atoms with Gasteiger partial charge in [-0.2, -0.15) is 0 Å². The molecule has 0 spiro atoms. The molecule has 4 heteroatoms. The summed E-state index contributed by atoms with van der Waals surface area (Å²) in [6, 6.07) is 3.38. The van der Waals surface area contributed by atoms with E-state index in [4.69, 9.17) is 4.42 Å². The maximum Gasteiger partial charge on any atom is 0.287 e. The fraction of sp³-hybridized carbons (Fsp3) is 0.500. The van der Waals surface area contributed by atoms with Crippen molar-refractivity contribution in [1.82, 2.24) is 5.32 Å². The molecule has 1 aliphatic carbocycles. The molecule has 1 aromatic heterocycles. The highest BCUT2D eigenvalue weighted by Crippen LogP contribution is 2.31. The standard InChI is InChI=1S/C10H12BrNO2/c11-9-4-3-8(14-9)10(13)12-6-5-7-1-2-7/h3-4,7H,1-2,5-6H2,(H,12,13). The second-order valence-corrected chi connectivity index (χ2v) is 4.37. The minimum Gasteiger partial charge on any atom is -0.444 e. The molecule has 14 heavy (non-hydrogen) atoms. The van der Waals surface area contributed by atoms with E-state index in [1.54, 1.807) is 12.1 Å². The molecule has 1 amide bonds. The van der Waals surface area contributed by atoms with Crippen LogP contribution in [-0.2, 0) is 0 Å². The normalized spacial score (nSPS) is 15.5. The van der Waals surface area contributed by atoms with Gasteiger partial charge in [-0.15, -0.1) is 0 Å². The molecule has 0 saturated heterocycles. The molecule has 76 valence electrons. The second-order valence-electron chi connectivity index (χ2n) is 3.59. The van der Waals surface area contributed by atoms with Crippen LogP contribution in [0.4, 0.5) is 0 Å². The summed E-state index contributed by atoms with van der Waals surface area (Å²) in [7, 11) is 0. The molecule has 0 atom stereocenters. The average Bonchev–Trinajstić information content (AvgIpc) is 2.87. The molecule has 0 aromatic carbocycles. The number of rotatable bonds is 4. The molecular weight excluding hydrogens is 246 g/mol. The van der Waals surface area contributed by atoms with Crippen LogP contribution in [0, 0.1) is 5.92 Å². The van der Waals surface area contributed by atoms with E-state index in [2.05, 4.69) is 21.2 Å². The van der Waals surface area contributed by atoms with Crippen molar-refractivity contribution >= 4 is 21.8 Å². The van der Waals surface area contributed by atoms with Crippen LogP contribution in [0.25, 0.3) is 0 Å². The molecule has 1 aromatic rings. The first-order valence-corrected chi connectivity index (χ1v) is 5.58. The Morgan fingerprint density at radius 3 is 2.93 bits per heavy atom. The van der Waals surface area contributed by atoms with Gasteiger partial charge in [0, 0.05) is 6.54 Å². The van der Waals surface area contributed by atoms with Crippen molar-refractivity contribution in [2.24, 2.45) is 5.92 Å². The lowest BCUT2D eigenvalue weighted by molar-refractivity contribution is 0.0923. The first-order valence-electron chi connectivity index (χ1n) is 4.79. The smallest absolute Gasteiger partial charge is 0.287 e. The number of amides is 1. The lowest BCUT2D eigenvalue weighted by atomic mass is 10.3. The molecule has 1 aliphatic rings. The summed E-state index contributed by atoms with van der Waals surface area (Å²) in [6.07, 6.45) is 3.73. The number of nitrogens with one attached hydrogen (secondary N) is 1. The topological polar surface area (TPSA) is 42.2 Å². The third-order valence-electron chi connectivity index (χ3n) is 2.33. The van der Waals surface area contributed by atoms with Gasteiger partial charge in [0.15, 0.2) is 10.4 Å². The molecule has 1 fully saturated rings. The number of furan rings is 1. The third-order valence-corrected chi connectivity index (χ3v) is 2.76. The van der Waals surface area contributed by atoms with Gasteiger partial charge in [0.2, 0.25) is 0 Å². The monoisotopic (exact) mass is 257 g/mol. The van der Waals surface area contributed by atoms with Gasteiger partial charge in [-0.1, -0.05) is 12.8 Å². The van der Waals surface area contributed by atoms with Crippen LogP contribution in [0.2, 0.25) is 0 Å². The van der Waals surface area contributed by atoms with Crippen molar-refractivity contribution in [2.45, 2.75) is 19.3 Å². The lowest BCUT2D eigenvalue weighted by Gasteiger charge is -2.00. The SMILES string of the molecule is O=C(NCCC1CC1)c1ccc(Br)o1. The second kappa shape index (κ2) is 4.17. The highest BCUT2D eigenvalue weighted by Gasteiger charge is 2.20. The predicted octanol–water partition coefficient (Wildman–Crippen LogP) is 2.57. The summed E-state index contributed by atoms with van der Waals surface area (Å²) in [5, 5.41) is 2.83. The summed E-state index contributed by atoms with van der Waals surface area (Å²) in [5.41, 5.74) is 0. The van der Waals surface area contributed by atoms with Crippen LogP contribution in [0.1, 0.15) is 29.8 Å². The first kappa shape index (κ1) is 9.77. The molecule has 1 heterocycles. The van der Waals surface area contributed by atoms with Gasteiger partial charge in [-0.3, -0.25) is 4.79 Å². The van der Waals surface area contributed by atoms with Crippen molar-refractivity contribution in [1.29, 1.82) is 0 Å². The van der Waals surface area contributed by atoms with Gasteiger partial charge in [0.05, 0.1) is 0 Å². The lowest BCUT2D eigenvalue weighted by Crippen LogP contribution is -2.24. The Morgan fingerprint density at radius 1 is 1.57 bits per heavy atom. The predicted molar refractivity (Wildman–Crippen MR) is 56.1 cm³/mol. The van der Waals surface area contributed by atoms with E-state index >= 15 is 0 Å². The van der Waals surface area contributed by atoms with E-state index in [0.717, 1.165) is 18.9 Å². The van der Waals surface area contributed by atoms with Crippen LogP contribution in [0.5, 0.6) is 0 Å². The zero-order chi connectivity index (χ0) is 9.97. The number of hydrogen-bond acceptors (Lipinski definition) is 2. The van der Waals surface area contributed by atoms with Gasteiger partial charge in [-0.25, -0.2) is 0 Å². The molecule has 1 saturated carbocycles. The summed E-state index contributed by atoms with van der Waals surface area (Å²) < 4.78 is 5.71. The maximum absolute atomic E-state index is 11.4. The van der Waals surface area contributed by atoms with Crippen molar-refractivity contribution in [3.8, 4) is 0 Å². The Hall–Kier alpha value is -0.770. The average molecular weight is 258 g/mol. The molecule has 0 aliphatic heterocycles. The van der Waals surface area contributed by atoms with Crippen LogP contribution >= 0.6 is 15.9 Å². The Morgan fingerprint density at radius 2 is 2.36 bits per heavy atom. The highest BCUT2D eigenvalue weighted by atomic mass is 79.9. The number of carbonyl (C=O) groups excluding carboxylic acids is 1. The largest absolute Gasteiger partial charge is 0.444 e. The fourth-order valence-corrected chi connectivity index (χ4v) is 1.63. The minimum absolute atomic E-state index is 0.128. The van der Waals surface area contributed by atoms with Crippen molar-refractivity contribution in [3.05, 3.63) is 22.6 Å². The Balaban J connectivity index is 1.76. The summed E-state index contributed by atoms with van der Waals surface area (Å²) in [5.74, 6) is 1.09. The summed E-state index contributed by atoms with van der Waals surface area (Å²) >= 11 is 3.16. The Kier molecular flexibility index (Phi) is 2.91. The summed E-state index contributed by atoms with van der Waals surface area (Å²) in [6.45, 7) is 0.752. The summed E-state index contributed by atoms with van der Waals surface area (Å²) in [4.78, 5) is 11.4. The molecule has 2 rings (SSSR count). The minimum atomic E-state index is -0.128. The highest BCUT2D eigenvalue weighted by molar-refractivity contribution is 9.10. The van der Waals surface area contributed by atoms with E-state index in [1.165, 1.54) is 12.8 Å². The Bertz CT molecular complexity index is 331. The molecular formula is C10H12BrNO2. The van der Waals surface area contributed by atoms with Gasteiger partial charge in [0.25, 0.3) is 5.91 Å². The fourth-order valence-electron chi connectivity index (χ4n) is 1.32. The van der Waals surface area contributed by atoms with Gasteiger partial charge >= 0.3 is 0 Å². The van der Waals surface area contributed by atoms with E-state index in [1.807, 2.05) is 0 Å². The van der Waals surface area contributed by atoms with Gasteiger partial charge in [0.1, 0.15) is 0 Å². The van der Waals surface area contributed by atoms with Crippen molar-refractivity contribution in [3.63, 3.8) is 0 Å². The van der Waals surface area contributed by atoms with E-state index < -0.39 is 0 Å². The number of halogens is 1. The van der Waals surface area contributed by atoms with Crippen molar-refractivity contribution in [2.75, 3.05) is 6.54 Å². The van der Waals surface area contributed by atoms with E-state index in [-0.39, 0.29) is 5.91 Å². The van der Waals surface area contributed by atoms with Crippen LogP contribution in [-0.4, -0.2) is 12.5 Å². The number of carbonyl (C=O) groups is 1. The molecule has 0 radical (unpaired) electrons. The molecule has 3 nitrogen and oxygen atoms in total. The van der Waals surface area contributed by atoms with Gasteiger partial charge < -0.3 is 9.73 Å². The van der Waals surface area contributed by atoms with E-state index in [0.29, 0.717) is 10.4 Å². The van der Waals surface area contributed by atoms with Crippen LogP contribution < -0.4 is 5.32 Å². The number of hydrogen-bond donors (Lipinski definition) is 1. The van der Waals surface area contributed by atoms with E-state index in [9.17, 15) is 4.79 Å². The van der Waals surface area contributed by atoms with Gasteiger partial charge in [-0.05, 0) is 40.4 Å². The maximum atomic E-state index is 11.4. The van der Waals surface area contributed by atoms with Crippen LogP contribution in [0.3, 0.4) is 0 Å². The van der Waals surface area contributed by atoms with Crippen molar-refractivity contribution < 1.29 is 9.21 Å². The first-order chi connectivity index (χ1) is 6.75. The van der Waals surface area contributed by atoms with Crippen LogP contribution in [0.15, 0.2) is 21.2 Å². The quantitative estimate of drug-likeness (QED) is 0.901. The molecule has 1 N–H and O–H groups in total. The molecule has 0 unspecified atom stereocenters. The zero-order valence-corrected chi connectivity index (χ0v) is 9.34.